The Hall–Kier alpha value is -3.23. The molecule has 1 aromatic heterocycles. The summed E-state index contributed by atoms with van der Waals surface area (Å²) in [4.78, 5) is 12.0. The van der Waals surface area contributed by atoms with E-state index in [0.29, 0.717) is 0 Å². The monoisotopic (exact) mass is 368 g/mol. The molecule has 4 nitrogen and oxygen atoms in total. The summed E-state index contributed by atoms with van der Waals surface area (Å²) in [6.07, 6.45) is -4.47. The molecule has 2 aromatic carbocycles. The third-order valence-corrected chi connectivity index (χ3v) is 3.44. The van der Waals surface area contributed by atoms with Gasteiger partial charge in [0.15, 0.2) is 11.6 Å². The Labute approximate surface area is 143 Å². The highest BCUT2D eigenvalue weighted by molar-refractivity contribution is 6.04. The molecule has 134 valence electrons. The lowest BCUT2D eigenvalue weighted by molar-refractivity contribution is -0.137. The molecule has 3 aromatic rings. The average Bonchev–Trinajstić information content (AvgIpc) is 3.02. The number of hydrogen-bond acceptors (Lipinski definition) is 3. The second-order valence-electron chi connectivity index (χ2n) is 5.20. The van der Waals surface area contributed by atoms with Crippen molar-refractivity contribution in [3.8, 4) is 11.3 Å². The van der Waals surface area contributed by atoms with Gasteiger partial charge in [-0.2, -0.15) is 13.2 Å². The fraction of sp³-hybridized carbons (Fsp3) is 0.0588. The third kappa shape index (κ3) is 3.56. The number of alkyl halides is 3. The van der Waals surface area contributed by atoms with Gasteiger partial charge in [-0.05, 0) is 24.3 Å². The zero-order chi connectivity index (χ0) is 18.9. The first-order chi connectivity index (χ1) is 12.3. The lowest BCUT2D eigenvalue weighted by Gasteiger charge is -2.06. The highest BCUT2D eigenvalue weighted by Crippen LogP contribution is 2.31. The molecule has 0 atom stereocenters. The molecule has 0 bridgehead atoms. The lowest BCUT2D eigenvalue weighted by Crippen LogP contribution is -2.15. The van der Waals surface area contributed by atoms with Crippen LogP contribution in [-0.4, -0.2) is 11.1 Å². The average molecular weight is 368 g/mol. The minimum absolute atomic E-state index is 0.0723. The van der Waals surface area contributed by atoms with Crippen LogP contribution in [0, 0.1) is 11.6 Å². The van der Waals surface area contributed by atoms with E-state index >= 15 is 0 Å². The summed E-state index contributed by atoms with van der Waals surface area (Å²) in [5.41, 5.74) is -1.33. The number of carbonyl (C=O) groups excluding carboxylic acids is 1. The van der Waals surface area contributed by atoms with Gasteiger partial charge >= 0.3 is 6.18 Å². The molecule has 0 radical (unpaired) electrons. The van der Waals surface area contributed by atoms with Crippen LogP contribution in [0.5, 0.6) is 0 Å². The molecule has 0 saturated heterocycles. The summed E-state index contributed by atoms with van der Waals surface area (Å²) in [6, 6.07) is 8.26. The number of rotatable bonds is 3. The summed E-state index contributed by atoms with van der Waals surface area (Å²) in [7, 11) is 0. The normalized spacial score (nSPS) is 11.4. The molecule has 26 heavy (non-hydrogen) atoms. The number of halogens is 5. The van der Waals surface area contributed by atoms with Crippen LogP contribution in [0.3, 0.4) is 0 Å². The van der Waals surface area contributed by atoms with Gasteiger partial charge in [-0.15, -0.1) is 0 Å². The Morgan fingerprint density at radius 1 is 1.00 bits per heavy atom. The number of hydrogen-bond donors (Lipinski definition) is 1. The molecule has 1 N–H and O–H groups in total. The molecule has 0 aliphatic carbocycles. The molecule has 0 unspecified atom stereocenters. The summed E-state index contributed by atoms with van der Waals surface area (Å²) in [5.74, 6) is -3.24. The number of nitrogens with one attached hydrogen (secondary N) is 1. The van der Waals surface area contributed by atoms with Crippen LogP contribution in [-0.2, 0) is 6.18 Å². The number of anilines is 1. The van der Waals surface area contributed by atoms with Crippen molar-refractivity contribution in [1.29, 1.82) is 0 Å². The van der Waals surface area contributed by atoms with Gasteiger partial charge in [-0.25, -0.2) is 8.78 Å². The van der Waals surface area contributed by atoms with Gasteiger partial charge in [0.25, 0.3) is 5.91 Å². The van der Waals surface area contributed by atoms with Crippen molar-refractivity contribution in [2.24, 2.45) is 0 Å². The van der Waals surface area contributed by atoms with Crippen molar-refractivity contribution in [3.05, 3.63) is 71.3 Å². The first-order valence-corrected chi connectivity index (χ1v) is 7.15. The lowest BCUT2D eigenvalue weighted by atomic mass is 10.1. The Morgan fingerprint density at radius 3 is 2.19 bits per heavy atom. The number of benzene rings is 2. The second-order valence-corrected chi connectivity index (χ2v) is 5.20. The molecular formula is C17H9F5N2O2. The number of amides is 1. The molecule has 0 aliphatic heterocycles. The van der Waals surface area contributed by atoms with E-state index in [1.807, 2.05) is 0 Å². The Morgan fingerprint density at radius 2 is 1.62 bits per heavy atom. The van der Waals surface area contributed by atoms with Crippen LogP contribution < -0.4 is 5.32 Å². The standard InChI is InChI=1S/C17H9F5N2O2/c18-11-2-1-3-12(19)15(11)16(25)23-14-8-13(26-24-14)9-4-6-10(7-5-9)17(20,21)22/h1-8H,(H,23,24,25). The van der Waals surface area contributed by atoms with E-state index in [1.54, 1.807) is 0 Å². The van der Waals surface area contributed by atoms with Gasteiger partial charge < -0.3 is 9.84 Å². The van der Waals surface area contributed by atoms with Crippen molar-refractivity contribution in [1.82, 2.24) is 5.16 Å². The molecule has 0 aliphatic rings. The Bertz CT molecular complexity index is 928. The first-order valence-electron chi connectivity index (χ1n) is 7.15. The molecular weight excluding hydrogens is 359 g/mol. The van der Waals surface area contributed by atoms with E-state index in [0.717, 1.165) is 30.3 Å². The highest BCUT2D eigenvalue weighted by Gasteiger charge is 2.30. The van der Waals surface area contributed by atoms with Crippen molar-refractivity contribution < 1.29 is 31.3 Å². The summed E-state index contributed by atoms with van der Waals surface area (Å²) in [5, 5.41) is 5.68. The quantitative estimate of drug-likeness (QED) is 0.670. The Balaban J connectivity index is 1.79. The summed E-state index contributed by atoms with van der Waals surface area (Å²) in [6.45, 7) is 0. The molecule has 0 saturated carbocycles. The second kappa shape index (κ2) is 6.58. The SMILES string of the molecule is O=C(Nc1cc(-c2ccc(C(F)(F)F)cc2)on1)c1c(F)cccc1F. The maximum absolute atomic E-state index is 13.6. The van der Waals surface area contributed by atoms with Gasteiger partial charge in [0.1, 0.15) is 17.2 Å². The summed E-state index contributed by atoms with van der Waals surface area (Å²) >= 11 is 0. The maximum atomic E-state index is 13.6. The van der Waals surface area contributed by atoms with Crippen molar-refractivity contribution in [2.45, 2.75) is 6.18 Å². The molecule has 1 amide bonds. The first kappa shape index (κ1) is 17.6. The fourth-order valence-electron chi connectivity index (χ4n) is 2.19. The fourth-order valence-corrected chi connectivity index (χ4v) is 2.19. The zero-order valence-electron chi connectivity index (χ0n) is 12.8. The van der Waals surface area contributed by atoms with Crippen LogP contribution in [0.1, 0.15) is 15.9 Å². The highest BCUT2D eigenvalue weighted by atomic mass is 19.4. The Kier molecular flexibility index (Phi) is 4.45. The predicted molar refractivity (Wildman–Crippen MR) is 81.3 cm³/mol. The molecule has 0 fully saturated rings. The molecule has 1 heterocycles. The van der Waals surface area contributed by atoms with Crippen LogP contribution in [0.2, 0.25) is 0 Å². The minimum Gasteiger partial charge on any atom is -0.354 e. The number of carbonyl (C=O) groups is 1. The van der Waals surface area contributed by atoms with Crippen molar-refractivity contribution in [3.63, 3.8) is 0 Å². The predicted octanol–water partition coefficient (Wildman–Crippen LogP) is 4.89. The maximum Gasteiger partial charge on any atom is 0.416 e. The van der Waals surface area contributed by atoms with Crippen LogP contribution in [0.25, 0.3) is 11.3 Å². The van der Waals surface area contributed by atoms with Gasteiger partial charge in [0, 0.05) is 11.6 Å². The summed E-state index contributed by atoms with van der Waals surface area (Å²) < 4.78 is 69.7. The largest absolute Gasteiger partial charge is 0.416 e. The van der Waals surface area contributed by atoms with Gasteiger partial charge in [-0.3, -0.25) is 4.79 Å². The van der Waals surface area contributed by atoms with Crippen LogP contribution in [0.15, 0.2) is 53.1 Å². The molecule has 9 heteroatoms. The molecule has 3 rings (SSSR count). The van der Waals surface area contributed by atoms with Gasteiger partial charge in [0.05, 0.1) is 5.56 Å². The van der Waals surface area contributed by atoms with Crippen molar-refractivity contribution in [2.75, 3.05) is 5.32 Å². The van der Waals surface area contributed by atoms with E-state index < -0.39 is 34.8 Å². The smallest absolute Gasteiger partial charge is 0.354 e. The van der Waals surface area contributed by atoms with E-state index in [4.69, 9.17) is 4.52 Å². The van der Waals surface area contributed by atoms with E-state index in [9.17, 15) is 26.7 Å². The molecule has 0 spiro atoms. The van der Waals surface area contributed by atoms with Crippen LogP contribution >= 0.6 is 0 Å². The van der Waals surface area contributed by atoms with Gasteiger partial charge in [0.2, 0.25) is 0 Å². The topological polar surface area (TPSA) is 55.1 Å². The van der Waals surface area contributed by atoms with E-state index in [2.05, 4.69) is 10.5 Å². The van der Waals surface area contributed by atoms with Crippen molar-refractivity contribution >= 4 is 11.7 Å². The third-order valence-electron chi connectivity index (χ3n) is 3.44. The van der Waals surface area contributed by atoms with Gasteiger partial charge in [-0.1, -0.05) is 23.4 Å². The van der Waals surface area contributed by atoms with E-state index in [1.165, 1.54) is 18.2 Å². The van der Waals surface area contributed by atoms with E-state index in [-0.39, 0.29) is 17.1 Å². The zero-order valence-corrected chi connectivity index (χ0v) is 12.8. The van der Waals surface area contributed by atoms with Crippen LogP contribution in [0.4, 0.5) is 27.8 Å². The number of aromatic nitrogens is 1. The minimum atomic E-state index is -4.47. The number of nitrogens with zero attached hydrogens (tertiary/aromatic N) is 1.